The molecule has 0 spiro atoms. The summed E-state index contributed by atoms with van der Waals surface area (Å²) in [5.74, 6) is 0. The molecule has 1 aromatic heterocycles. The van der Waals surface area contributed by atoms with Crippen LogP contribution in [0.3, 0.4) is 0 Å². The van der Waals surface area contributed by atoms with E-state index in [4.69, 9.17) is 0 Å². The normalized spacial score (nSPS) is 13.3. The topological polar surface area (TPSA) is 12.0 Å². The molecule has 8 aromatic rings. The first-order valence-electron chi connectivity index (χ1n) is 14.8. The summed E-state index contributed by atoms with van der Waals surface area (Å²) in [4.78, 5) is 0. The number of fused-ring (bicyclic) bond motifs is 7. The molecule has 0 aliphatic heterocycles. The third-order valence-electron chi connectivity index (χ3n) is 9.09. The Bertz CT molecular complexity index is 2280. The van der Waals surface area contributed by atoms with Crippen LogP contribution >= 0.6 is 11.3 Å². The molecular weight excluding hydrogens is 539 g/mol. The van der Waals surface area contributed by atoms with Gasteiger partial charge in [0.15, 0.2) is 0 Å². The fourth-order valence-corrected chi connectivity index (χ4v) is 8.40. The Morgan fingerprint density at radius 2 is 1.00 bits per heavy atom. The molecular formula is C41H27NS. The van der Waals surface area contributed by atoms with Crippen LogP contribution in [-0.2, 0) is 5.41 Å². The van der Waals surface area contributed by atoms with Crippen LogP contribution in [0.2, 0.25) is 0 Å². The molecule has 0 saturated heterocycles. The highest BCUT2D eigenvalue weighted by atomic mass is 32.1. The second-order valence-electron chi connectivity index (χ2n) is 11.4. The number of thiophene rings is 1. The molecule has 0 saturated carbocycles. The van der Waals surface area contributed by atoms with E-state index in [9.17, 15) is 0 Å². The van der Waals surface area contributed by atoms with Crippen LogP contribution in [0, 0.1) is 0 Å². The second-order valence-corrected chi connectivity index (χ2v) is 12.5. The van der Waals surface area contributed by atoms with Gasteiger partial charge >= 0.3 is 0 Å². The summed E-state index contributed by atoms with van der Waals surface area (Å²) < 4.78 is 2.63. The van der Waals surface area contributed by atoms with Crippen LogP contribution in [0.1, 0.15) is 22.3 Å². The molecule has 0 amide bonds. The molecule has 43 heavy (non-hydrogen) atoms. The van der Waals surface area contributed by atoms with Crippen molar-refractivity contribution in [3.63, 3.8) is 0 Å². The average molecular weight is 566 g/mol. The van der Waals surface area contributed by atoms with Gasteiger partial charge in [0.25, 0.3) is 0 Å². The molecule has 202 valence electrons. The van der Waals surface area contributed by atoms with E-state index < -0.39 is 5.41 Å². The van der Waals surface area contributed by atoms with Crippen molar-refractivity contribution in [2.45, 2.75) is 5.41 Å². The largest absolute Gasteiger partial charge is 0.355 e. The number of benzene rings is 7. The van der Waals surface area contributed by atoms with Crippen LogP contribution < -0.4 is 5.32 Å². The van der Waals surface area contributed by atoms with Crippen molar-refractivity contribution >= 4 is 53.7 Å². The standard InChI is InChI=1S/C41H27NS/c1-3-13-29(14-4-1)41(30-15-5-2-6-16-30)37-18-10-9-17-33(37)34-21-19-31(25-38(34)41)42-32-20-22-35-36-23-27-11-7-8-12-28(27)24-39(36)43-40(35)26-32/h1-26,42H. The molecule has 0 radical (unpaired) electrons. The molecule has 1 heterocycles. The molecule has 0 fully saturated rings. The molecule has 9 rings (SSSR count). The zero-order valence-corrected chi connectivity index (χ0v) is 24.2. The summed E-state index contributed by atoms with van der Waals surface area (Å²) in [5, 5.41) is 9.00. The van der Waals surface area contributed by atoms with E-state index in [1.807, 2.05) is 11.3 Å². The lowest BCUT2D eigenvalue weighted by molar-refractivity contribution is 0.769. The predicted octanol–water partition coefficient (Wildman–Crippen LogP) is 11.3. The van der Waals surface area contributed by atoms with Crippen molar-refractivity contribution < 1.29 is 0 Å². The van der Waals surface area contributed by atoms with Crippen LogP contribution in [-0.4, -0.2) is 0 Å². The van der Waals surface area contributed by atoms with Crippen molar-refractivity contribution in [2.75, 3.05) is 5.32 Å². The van der Waals surface area contributed by atoms with Crippen LogP contribution in [0.4, 0.5) is 11.4 Å². The second kappa shape index (κ2) is 9.42. The minimum Gasteiger partial charge on any atom is -0.355 e. The molecule has 2 heteroatoms. The SMILES string of the molecule is c1ccc(C2(c3ccccc3)c3ccccc3-c3ccc(Nc4ccc5c(c4)sc4cc6ccccc6cc45)cc32)cc1. The highest BCUT2D eigenvalue weighted by molar-refractivity contribution is 7.25. The Hall–Kier alpha value is -5.18. The summed E-state index contributed by atoms with van der Waals surface area (Å²) >= 11 is 1.87. The monoisotopic (exact) mass is 565 g/mol. The third-order valence-corrected chi connectivity index (χ3v) is 10.2. The first-order valence-corrected chi connectivity index (χ1v) is 15.6. The van der Waals surface area contributed by atoms with Crippen LogP contribution in [0.5, 0.6) is 0 Å². The number of rotatable bonds is 4. The lowest BCUT2D eigenvalue weighted by Gasteiger charge is -2.34. The first-order chi connectivity index (χ1) is 21.3. The van der Waals surface area contributed by atoms with Crippen LogP contribution in [0.15, 0.2) is 158 Å². The molecule has 1 aliphatic rings. The van der Waals surface area contributed by atoms with Gasteiger partial charge in [-0.2, -0.15) is 0 Å². The van der Waals surface area contributed by atoms with Crippen LogP contribution in [0.25, 0.3) is 42.1 Å². The fraction of sp³-hybridized carbons (Fsp3) is 0.0244. The minimum atomic E-state index is -0.399. The highest BCUT2D eigenvalue weighted by Gasteiger charge is 2.46. The van der Waals surface area contributed by atoms with Crippen molar-refractivity contribution in [2.24, 2.45) is 0 Å². The smallest absolute Gasteiger partial charge is 0.0714 e. The lowest BCUT2D eigenvalue weighted by atomic mass is 9.67. The Morgan fingerprint density at radius 1 is 0.419 bits per heavy atom. The van der Waals surface area contributed by atoms with Gasteiger partial charge in [0.2, 0.25) is 0 Å². The molecule has 1 N–H and O–H groups in total. The summed E-state index contributed by atoms with van der Waals surface area (Å²) in [6.45, 7) is 0. The molecule has 1 nitrogen and oxygen atoms in total. The zero-order valence-electron chi connectivity index (χ0n) is 23.4. The maximum absolute atomic E-state index is 3.78. The Kier molecular flexibility index (Phi) is 5.35. The summed E-state index contributed by atoms with van der Waals surface area (Å²) in [7, 11) is 0. The molecule has 0 bridgehead atoms. The van der Waals surface area contributed by atoms with E-state index in [-0.39, 0.29) is 0 Å². The molecule has 0 unspecified atom stereocenters. The van der Waals surface area contributed by atoms with Crippen molar-refractivity contribution in [1.82, 2.24) is 0 Å². The van der Waals surface area contributed by atoms with Gasteiger partial charge in [-0.1, -0.05) is 121 Å². The van der Waals surface area contributed by atoms with Gasteiger partial charge in [-0.05, 0) is 80.6 Å². The van der Waals surface area contributed by atoms with Gasteiger partial charge in [0, 0.05) is 31.5 Å². The Labute approximate surface area is 254 Å². The van der Waals surface area contributed by atoms with Gasteiger partial charge in [-0.3, -0.25) is 0 Å². The van der Waals surface area contributed by atoms with Gasteiger partial charge in [-0.25, -0.2) is 0 Å². The average Bonchev–Trinajstić information content (AvgIpc) is 3.56. The van der Waals surface area contributed by atoms with Crippen molar-refractivity contribution in [1.29, 1.82) is 0 Å². The maximum atomic E-state index is 3.78. The lowest BCUT2D eigenvalue weighted by Crippen LogP contribution is -2.28. The number of nitrogens with one attached hydrogen (secondary N) is 1. The van der Waals surface area contributed by atoms with Crippen molar-refractivity contribution in [3.8, 4) is 11.1 Å². The zero-order chi connectivity index (χ0) is 28.4. The summed E-state index contributed by atoms with van der Waals surface area (Å²) in [6, 6.07) is 57.8. The van der Waals surface area contributed by atoms with E-state index >= 15 is 0 Å². The predicted molar refractivity (Wildman–Crippen MR) is 184 cm³/mol. The third kappa shape index (κ3) is 3.64. The Balaban J connectivity index is 1.20. The Morgan fingerprint density at radius 3 is 1.77 bits per heavy atom. The van der Waals surface area contributed by atoms with Gasteiger partial charge < -0.3 is 5.32 Å². The minimum absolute atomic E-state index is 0.399. The van der Waals surface area contributed by atoms with E-state index in [1.165, 1.54) is 64.3 Å². The number of hydrogen-bond acceptors (Lipinski definition) is 2. The molecule has 0 atom stereocenters. The van der Waals surface area contributed by atoms with E-state index in [0.717, 1.165) is 11.4 Å². The van der Waals surface area contributed by atoms with E-state index in [0.29, 0.717) is 0 Å². The fourth-order valence-electron chi connectivity index (χ4n) is 7.23. The first kappa shape index (κ1) is 24.4. The summed E-state index contributed by atoms with van der Waals surface area (Å²) in [6.07, 6.45) is 0. The quantitative estimate of drug-likeness (QED) is 0.224. The van der Waals surface area contributed by atoms with E-state index in [1.54, 1.807) is 0 Å². The number of anilines is 2. The van der Waals surface area contributed by atoms with Gasteiger partial charge in [0.05, 0.1) is 5.41 Å². The summed E-state index contributed by atoms with van der Waals surface area (Å²) in [5.41, 5.74) is 9.59. The van der Waals surface area contributed by atoms with Gasteiger partial charge in [-0.15, -0.1) is 11.3 Å². The highest BCUT2D eigenvalue weighted by Crippen LogP contribution is 2.56. The molecule has 7 aromatic carbocycles. The van der Waals surface area contributed by atoms with Crippen molar-refractivity contribution in [3.05, 3.63) is 180 Å². The number of hydrogen-bond donors (Lipinski definition) is 1. The van der Waals surface area contributed by atoms with Gasteiger partial charge in [0.1, 0.15) is 0 Å². The maximum Gasteiger partial charge on any atom is 0.0714 e. The molecule has 1 aliphatic carbocycles. The van der Waals surface area contributed by atoms with E-state index in [2.05, 4.69) is 163 Å².